The lowest BCUT2D eigenvalue weighted by Crippen LogP contribution is -2.53. The minimum atomic E-state index is -0.762. The van der Waals surface area contributed by atoms with Crippen molar-refractivity contribution in [1.29, 1.82) is 0 Å². The monoisotopic (exact) mass is 352 g/mol. The molecule has 0 saturated heterocycles. The minimum Gasteiger partial charge on any atom is -0.488 e. The summed E-state index contributed by atoms with van der Waals surface area (Å²) in [5, 5.41) is 13.0. The van der Waals surface area contributed by atoms with Gasteiger partial charge in [0, 0.05) is 18.6 Å². The van der Waals surface area contributed by atoms with Crippen molar-refractivity contribution < 1.29 is 14.6 Å². The van der Waals surface area contributed by atoms with E-state index in [1.807, 2.05) is 30.0 Å². The molecule has 0 bridgehead atoms. The van der Waals surface area contributed by atoms with Crippen molar-refractivity contribution in [3.63, 3.8) is 0 Å². The van der Waals surface area contributed by atoms with Crippen LogP contribution in [0.1, 0.15) is 25.3 Å². The normalized spacial score (nSPS) is 19.8. The number of hydrogen-bond donors (Lipinski definition) is 2. The van der Waals surface area contributed by atoms with Crippen molar-refractivity contribution in [2.45, 2.75) is 38.4 Å². The zero-order valence-electron chi connectivity index (χ0n) is 14.0. The Labute approximate surface area is 148 Å². The van der Waals surface area contributed by atoms with E-state index in [4.69, 9.17) is 21.4 Å². The summed E-state index contributed by atoms with van der Waals surface area (Å²) in [7, 11) is 0. The molecule has 1 aliphatic rings. The van der Waals surface area contributed by atoms with Crippen molar-refractivity contribution >= 4 is 17.6 Å². The lowest BCUT2D eigenvalue weighted by Gasteiger charge is -2.42. The molecule has 0 amide bonds. The maximum absolute atomic E-state index is 10.8. The number of carboxylic acids is 1. The van der Waals surface area contributed by atoms with Gasteiger partial charge in [0.25, 0.3) is 0 Å². The van der Waals surface area contributed by atoms with Crippen molar-refractivity contribution in [3.8, 4) is 5.75 Å². The average molecular weight is 353 g/mol. The van der Waals surface area contributed by atoms with Gasteiger partial charge in [-0.25, -0.2) is 0 Å². The molecule has 0 atom stereocenters. The van der Waals surface area contributed by atoms with Crippen molar-refractivity contribution in [2.75, 3.05) is 19.7 Å². The fourth-order valence-electron chi connectivity index (χ4n) is 2.91. The lowest BCUT2D eigenvalue weighted by molar-refractivity contribution is -0.139. The first kappa shape index (κ1) is 18.8. The van der Waals surface area contributed by atoms with Gasteiger partial charge >= 0.3 is 5.97 Å². The van der Waals surface area contributed by atoms with Gasteiger partial charge in [-0.05, 0) is 37.1 Å². The summed E-state index contributed by atoms with van der Waals surface area (Å²) in [5.74, 6) is -0.0991. The van der Waals surface area contributed by atoms with Crippen LogP contribution in [0.25, 0.3) is 0 Å². The summed E-state index contributed by atoms with van der Waals surface area (Å²) in [6.07, 6.45) is 3.65. The molecule has 0 heterocycles. The molecule has 24 heavy (non-hydrogen) atoms. The Morgan fingerprint density at radius 1 is 1.54 bits per heavy atom. The highest BCUT2D eigenvalue weighted by molar-refractivity contribution is 6.32. The molecule has 2 rings (SSSR count). The number of benzene rings is 1. The molecule has 0 aliphatic heterocycles. The molecule has 1 aromatic rings. The summed E-state index contributed by atoms with van der Waals surface area (Å²) in [6.45, 7) is 7.68. The van der Waals surface area contributed by atoms with Gasteiger partial charge in [0.05, 0.1) is 11.6 Å². The molecule has 1 aromatic carbocycles. The molecule has 0 unspecified atom stereocenters. The van der Waals surface area contributed by atoms with Gasteiger partial charge in [0.1, 0.15) is 12.4 Å². The second-order valence-electron chi connectivity index (χ2n) is 6.02. The highest BCUT2D eigenvalue weighted by atomic mass is 35.5. The number of rotatable bonds is 10. The van der Waals surface area contributed by atoms with Crippen LogP contribution >= 0.6 is 11.6 Å². The molecule has 0 radical (unpaired) electrons. The van der Waals surface area contributed by atoms with Crippen LogP contribution in [0, 0.1) is 0 Å². The fraction of sp³-hybridized carbons (Fsp3) is 0.500. The number of ether oxygens (including phenoxy) is 1. The third kappa shape index (κ3) is 5.23. The number of carbonyl (C=O) groups is 1. The van der Waals surface area contributed by atoms with Crippen LogP contribution in [0.5, 0.6) is 5.75 Å². The highest BCUT2D eigenvalue weighted by Crippen LogP contribution is 2.28. The van der Waals surface area contributed by atoms with E-state index in [-0.39, 0.29) is 6.54 Å². The van der Waals surface area contributed by atoms with Crippen LogP contribution in [0.2, 0.25) is 5.02 Å². The van der Waals surface area contributed by atoms with Crippen molar-refractivity contribution in [3.05, 3.63) is 41.4 Å². The van der Waals surface area contributed by atoms with Gasteiger partial charge in [0.15, 0.2) is 0 Å². The lowest BCUT2D eigenvalue weighted by atomic mass is 9.85. The van der Waals surface area contributed by atoms with E-state index in [0.717, 1.165) is 31.5 Å². The Kier molecular flexibility index (Phi) is 7.09. The fourth-order valence-corrected chi connectivity index (χ4v) is 3.17. The summed E-state index contributed by atoms with van der Waals surface area (Å²) in [4.78, 5) is 12.9. The van der Waals surface area contributed by atoms with Gasteiger partial charge in [-0.3, -0.25) is 9.69 Å². The third-order valence-electron chi connectivity index (χ3n) is 4.32. The second kappa shape index (κ2) is 9.06. The van der Waals surface area contributed by atoms with E-state index in [1.165, 1.54) is 0 Å². The topological polar surface area (TPSA) is 61.8 Å². The Morgan fingerprint density at radius 3 is 2.88 bits per heavy atom. The standard InChI is InChI=1S/C18H25ClN2O3/c1-3-7-24-17-6-5-13(8-16(17)19)11-20-14-9-15(10-14)21(4-2)12-18(22)23/h3,5-6,8,14-15,20H,1,4,7,9-12H2,2H3,(H,22,23). The van der Waals surface area contributed by atoms with Crippen LogP contribution < -0.4 is 10.1 Å². The molecule has 132 valence electrons. The van der Waals surface area contributed by atoms with E-state index >= 15 is 0 Å². The molecule has 1 aliphatic carbocycles. The zero-order valence-corrected chi connectivity index (χ0v) is 14.8. The van der Waals surface area contributed by atoms with Crippen LogP contribution in [0.4, 0.5) is 0 Å². The number of likely N-dealkylation sites (N-methyl/N-ethyl adjacent to an activating group) is 1. The number of hydrogen-bond acceptors (Lipinski definition) is 4. The summed E-state index contributed by atoms with van der Waals surface area (Å²) >= 11 is 6.21. The van der Waals surface area contributed by atoms with E-state index in [0.29, 0.717) is 29.5 Å². The first-order valence-electron chi connectivity index (χ1n) is 8.24. The van der Waals surface area contributed by atoms with Crippen LogP contribution in [-0.4, -0.2) is 47.8 Å². The van der Waals surface area contributed by atoms with Crippen LogP contribution in [0.3, 0.4) is 0 Å². The molecule has 6 heteroatoms. The molecular weight excluding hydrogens is 328 g/mol. The van der Waals surface area contributed by atoms with Gasteiger partial charge in [-0.15, -0.1) is 0 Å². The average Bonchev–Trinajstić information content (AvgIpc) is 2.51. The van der Waals surface area contributed by atoms with Gasteiger partial charge in [0.2, 0.25) is 0 Å². The predicted octanol–water partition coefficient (Wildman–Crippen LogP) is 2.93. The number of aliphatic carboxylic acids is 1. The van der Waals surface area contributed by atoms with E-state index < -0.39 is 5.97 Å². The van der Waals surface area contributed by atoms with E-state index in [1.54, 1.807) is 6.08 Å². The first-order valence-corrected chi connectivity index (χ1v) is 8.62. The van der Waals surface area contributed by atoms with E-state index in [2.05, 4.69) is 11.9 Å². The highest BCUT2D eigenvalue weighted by Gasteiger charge is 2.33. The number of carboxylic acid groups (broad SMARTS) is 1. The van der Waals surface area contributed by atoms with Gasteiger partial charge in [-0.2, -0.15) is 0 Å². The summed E-state index contributed by atoms with van der Waals surface area (Å²) < 4.78 is 5.46. The van der Waals surface area contributed by atoms with Gasteiger partial charge in [-0.1, -0.05) is 37.2 Å². The van der Waals surface area contributed by atoms with Gasteiger partial charge < -0.3 is 15.2 Å². The maximum atomic E-state index is 10.8. The minimum absolute atomic E-state index is 0.121. The molecule has 1 fully saturated rings. The van der Waals surface area contributed by atoms with Crippen molar-refractivity contribution in [2.24, 2.45) is 0 Å². The summed E-state index contributed by atoms with van der Waals surface area (Å²) in [6, 6.07) is 6.57. The third-order valence-corrected chi connectivity index (χ3v) is 4.62. The number of nitrogens with one attached hydrogen (secondary N) is 1. The molecule has 2 N–H and O–H groups in total. The molecule has 0 aromatic heterocycles. The summed E-state index contributed by atoms with van der Waals surface area (Å²) in [5.41, 5.74) is 1.10. The smallest absolute Gasteiger partial charge is 0.317 e. The molecule has 5 nitrogen and oxygen atoms in total. The Bertz CT molecular complexity index is 573. The molecule has 1 saturated carbocycles. The second-order valence-corrected chi connectivity index (χ2v) is 6.43. The van der Waals surface area contributed by atoms with Crippen LogP contribution in [-0.2, 0) is 11.3 Å². The largest absolute Gasteiger partial charge is 0.488 e. The SMILES string of the molecule is C=CCOc1ccc(CNC2CC(N(CC)CC(=O)O)C2)cc1Cl. The van der Waals surface area contributed by atoms with E-state index in [9.17, 15) is 4.79 Å². The number of nitrogens with zero attached hydrogens (tertiary/aromatic N) is 1. The first-order chi connectivity index (χ1) is 11.5. The maximum Gasteiger partial charge on any atom is 0.317 e. The quantitative estimate of drug-likeness (QED) is 0.634. The Morgan fingerprint density at radius 2 is 2.29 bits per heavy atom. The molecular formula is C18H25ClN2O3. The predicted molar refractivity (Wildman–Crippen MR) is 95.7 cm³/mol. The number of halogens is 1. The zero-order chi connectivity index (χ0) is 17.5. The Hall–Kier alpha value is -1.56. The van der Waals surface area contributed by atoms with Crippen molar-refractivity contribution in [1.82, 2.24) is 10.2 Å². The Balaban J connectivity index is 1.76. The molecule has 0 spiro atoms. The van der Waals surface area contributed by atoms with Crippen LogP contribution in [0.15, 0.2) is 30.9 Å².